The number of nitrogens with zero attached hydrogens (tertiary/aromatic N) is 3. The Kier molecular flexibility index (Phi) is 5.63. The SMILES string of the molecule is CCn1ncc2c(C(=O)OCC(=O)NCC(F)(F)F)cc(-c3cccs3)nc21. The Bertz CT molecular complexity index is 999. The van der Waals surface area contributed by atoms with Gasteiger partial charge in [-0.2, -0.15) is 18.3 Å². The van der Waals surface area contributed by atoms with E-state index in [0.717, 1.165) is 4.88 Å². The summed E-state index contributed by atoms with van der Waals surface area (Å²) in [5.41, 5.74) is 1.14. The maximum absolute atomic E-state index is 12.5. The van der Waals surface area contributed by atoms with Crippen LogP contribution in [0.2, 0.25) is 0 Å². The van der Waals surface area contributed by atoms with E-state index in [1.165, 1.54) is 23.6 Å². The number of nitrogens with one attached hydrogen (secondary N) is 1. The average Bonchev–Trinajstić information content (AvgIpc) is 3.32. The Labute approximate surface area is 161 Å². The van der Waals surface area contributed by atoms with Gasteiger partial charge < -0.3 is 10.1 Å². The second-order valence-corrected chi connectivity index (χ2v) is 6.65. The molecule has 28 heavy (non-hydrogen) atoms. The first-order valence-electron chi connectivity index (χ1n) is 8.19. The standard InChI is InChI=1S/C17H15F3N4O3S/c1-2-24-15-11(7-22-24)10(6-12(23-15)13-4-3-5-28-13)16(26)27-8-14(25)21-9-17(18,19)20/h3-7H,2,8-9H2,1H3,(H,21,25). The lowest BCUT2D eigenvalue weighted by atomic mass is 10.1. The molecule has 0 saturated heterocycles. The summed E-state index contributed by atoms with van der Waals surface area (Å²) in [7, 11) is 0. The topological polar surface area (TPSA) is 86.1 Å². The van der Waals surface area contributed by atoms with E-state index in [0.29, 0.717) is 23.3 Å². The molecule has 0 aliphatic rings. The van der Waals surface area contributed by atoms with Crippen molar-refractivity contribution in [1.29, 1.82) is 0 Å². The lowest BCUT2D eigenvalue weighted by Crippen LogP contribution is -2.36. The second kappa shape index (κ2) is 7.97. The number of rotatable bonds is 6. The first kappa shape index (κ1) is 19.8. The van der Waals surface area contributed by atoms with Crippen LogP contribution in [0.3, 0.4) is 0 Å². The second-order valence-electron chi connectivity index (χ2n) is 5.70. The number of carbonyl (C=O) groups is 2. The summed E-state index contributed by atoms with van der Waals surface area (Å²) in [5, 5.41) is 8.12. The minimum atomic E-state index is -4.54. The van der Waals surface area contributed by atoms with Gasteiger partial charge in [-0.3, -0.25) is 4.79 Å². The summed E-state index contributed by atoms with van der Waals surface area (Å²) in [6.07, 6.45) is -3.08. The van der Waals surface area contributed by atoms with Crippen molar-refractivity contribution >= 4 is 34.2 Å². The van der Waals surface area contributed by atoms with E-state index >= 15 is 0 Å². The van der Waals surface area contributed by atoms with Crippen molar-refractivity contribution < 1.29 is 27.5 Å². The zero-order valence-corrected chi connectivity index (χ0v) is 15.4. The molecule has 1 N–H and O–H groups in total. The van der Waals surface area contributed by atoms with Gasteiger partial charge in [0, 0.05) is 6.54 Å². The molecule has 7 nitrogen and oxygen atoms in total. The van der Waals surface area contributed by atoms with Gasteiger partial charge in [0.1, 0.15) is 6.54 Å². The summed E-state index contributed by atoms with van der Waals surface area (Å²) >= 11 is 1.43. The van der Waals surface area contributed by atoms with Crippen molar-refractivity contribution in [3.63, 3.8) is 0 Å². The molecule has 0 saturated carbocycles. The van der Waals surface area contributed by atoms with Crippen molar-refractivity contribution in [1.82, 2.24) is 20.1 Å². The van der Waals surface area contributed by atoms with Crippen LogP contribution in [0.15, 0.2) is 29.8 Å². The van der Waals surface area contributed by atoms with Crippen LogP contribution in [0, 0.1) is 0 Å². The summed E-state index contributed by atoms with van der Waals surface area (Å²) in [6.45, 7) is 0.0807. The number of pyridine rings is 1. The van der Waals surface area contributed by atoms with Gasteiger partial charge in [0.25, 0.3) is 5.91 Å². The summed E-state index contributed by atoms with van der Waals surface area (Å²) < 4.78 is 42.9. The molecule has 11 heteroatoms. The third-order valence-corrected chi connectivity index (χ3v) is 4.62. The van der Waals surface area contributed by atoms with Crippen LogP contribution in [0.5, 0.6) is 0 Å². The molecule has 0 aliphatic carbocycles. The average molecular weight is 412 g/mol. The molecule has 3 rings (SSSR count). The number of esters is 1. The molecule has 3 aromatic heterocycles. The normalized spacial score (nSPS) is 11.6. The van der Waals surface area contributed by atoms with Gasteiger partial charge in [-0.1, -0.05) is 6.07 Å². The monoisotopic (exact) mass is 412 g/mol. The third kappa shape index (κ3) is 4.47. The Morgan fingerprint density at radius 3 is 2.79 bits per heavy atom. The molecule has 1 amide bonds. The van der Waals surface area contributed by atoms with Gasteiger partial charge in [-0.05, 0) is 24.4 Å². The number of hydrogen-bond donors (Lipinski definition) is 1. The number of thiophene rings is 1. The van der Waals surface area contributed by atoms with E-state index in [-0.39, 0.29) is 5.56 Å². The zero-order valence-electron chi connectivity index (χ0n) is 14.6. The van der Waals surface area contributed by atoms with Crippen LogP contribution >= 0.6 is 11.3 Å². The highest BCUT2D eigenvalue weighted by atomic mass is 32.1. The number of amides is 1. The largest absolute Gasteiger partial charge is 0.452 e. The van der Waals surface area contributed by atoms with Crippen molar-refractivity contribution in [2.24, 2.45) is 0 Å². The van der Waals surface area contributed by atoms with E-state index in [2.05, 4.69) is 10.1 Å². The number of ether oxygens (including phenoxy) is 1. The number of aryl methyl sites for hydroxylation is 1. The number of aromatic nitrogens is 3. The van der Waals surface area contributed by atoms with Gasteiger partial charge in [0.15, 0.2) is 12.3 Å². The number of fused-ring (bicyclic) bond motifs is 1. The predicted octanol–water partition coefficient (Wildman–Crippen LogP) is 3.02. The van der Waals surface area contributed by atoms with Crippen LogP contribution in [0.25, 0.3) is 21.6 Å². The molecule has 0 unspecified atom stereocenters. The van der Waals surface area contributed by atoms with E-state index in [9.17, 15) is 22.8 Å². The zero-order chi connectivity index (χ0) is 20.3. The molecular formula is C17H15F3N4O3S. The van der Waals surface area contributed by atoms with Gasteiger partial charge in [-0.15, -0.1) is 11.3 Å². The Balaban J connectivity index is 1.84. The molecule has 0 atom stereocenters. The number of carbonyl (C=O) groups excluding carboxylic acids is 2. The molecule has 3 heterocycles. The summed E-state index contributed by atoms with van der Waals surface area (Å²) in [4.78, 5) is 29.3. The van der Waals surface area contributed by atoms with Crippen LogP contribution in [-0.2, 0) is 16.1 Å². The molecule has 0 aliphatic heterocycles. The number of hydrogen-bond acceptors (Lipinski definition) is 6. The Morgan fingerprint density at radius 2 is 2.14 bits per heavy atom. The first-order chi connectivity index (χ1) is 13.3. The fraction of sp³-hybridized carbons (Fsp3) is 0.294. The van der Waals surface area contributed by atoms with Crippen molar-refractivity contribution in [2.75, 3.05) is 13.2 Å². The fourth-order valence-corrected chi connectivity index (χ4v) is 3.14. The Hall–Kier alpha value is -2.95. The predicted molar refractivity (Wildman–Crippen MR) is 95.9 cm³/mol. The molecule has 148 valence electrons. The maximum atomic E-state index is 12.5. The van der Waals surface area contributed by atoms with Crippen LogP contribution in [0.1, 0.15) is 17.3 Å². The molecular weight excluding hydrogens is 397 g/mol. The van der Waals surface area contributed by atoms with E-state index in [1.54, 1.807) is 10.00 Å². The summed E-state index contributed by atoms with van der Waals surface area (Å²) in [5.74, 6) is -1.89. The summed E-state index contributed by atoms with van der Waals surface area (Å²) in [6, 6.07) is 5.20. The molecule has 0 spiro atoms. The van der Waals surface area contributed by atoms with Gasteiger partial charge in [0.2, 0.25) is 0 Å². The maximum Gasteiger partial charge on any atom is 0.405 e. The van der Waals surface area contributed by atoms with E-state index in [1.807, 2.05) is 24.4 Å². The van der Waals surface area contributed by atoms with Crippen molar-refractivity contribution in [2.45, 2.75) is 19.6 Å². The lowest BCUT2D eigenvalue weighted by molar-refractivity contribution is -0.140. The Morgan fingerprint density at radius 1 is 1.36 bits per heavy atom. The lowest BCUT2D eigenvalue weighted by Gasteiger charge is -2.10. The molecule has 0 aromatic carbocycles. The van der Waals surface area contributed by atoms with Gasteiger partial charge in [-0.25, -0.2) is 14.5 Å². The minimum absolute atomic E-state index is 0.136. The minimum Gasteiger partial charge on any atom is -0.452 e. The first-order valence-corrected chi connectivity index (χ1v) is 9.07. The van der Waals surface area contributed by atoms with Crippen molar-refractivity contribution in [3.8, 4) is 10.6 Å². The number of alkyl halides is 3. The van der Waals surface area contributed by atoms with Gasteiger partial charge in [0.05, 0.1) is 27.7 Å². The van der Waals surface area contributed by atoms with E-state index < -0.39 is 31.2 Å². The quantitative estimate of drug-likeness (QED) is 0.629. The van der Waals surface area contributed by atoms with Crippen molar-refractivity contribution in [3.05, 3.63) is 35.3 Å². The van der Waals surface area contributed by atoms with Crippen LogP contribution in [-0.4, -0.2) is 46.0 Å². The highest BCUT2D eigenvalue weighted by molar-refractivity contribution is 7.13. The van der Waals surface area contributed by atoms with E-state index in [4.69, 9.17) is 4.74 Å². The molecule has 3 aromatic rings. The highest BCUT2D eigenvalue weighted by Gasteiger charge is 2.28. The fourth-order valence-electron chi connectivity index (χ4n) is 2.46. The smallest absolute Gasteiger partial charge is 0.405 e. The molecule has 0 fully saturated rings. The third-order valence-electron chi connectivity index (χ3n) is 3.72. The molecule has 0 bridgehead atoms. The highest BCUT2D eigenvalue weighted by Crippen LogP contribution is 2.28. The van der Waals surface area contributed by atoms with Gasteiger partial charge >= 0.3 is 12.1 Å². The van der Waals surface area contributed by atoms with Crippen LogP contribution in [0.4, 0.5) is 13.2 Å². The number of halogens is 3. The molecule has 0 radical (unpaired) electrons. The van der Waals surface area contributed by atoms with Crippen LogP contribution < -0.4 is 5.32 Å².